The molecule has 0 bridgehead atoms. The minimum Gasteiger partial charge on any atom is -0.508 e. The Hall–Kier alpha value is -12.3. The highest BCUT2D eigenvalue weighted by Crippen LogP contribution is 2.23. The van der Waals surface area contributed by atoms with Crippen molar-refractivity contribution in [1.82, 2.24) is 68.4 Å². The largest absolute Gasteiger partial charge is 0.508 e. The summed E-state index contributed by atoms with van der Waals surface area (Å²) in [5, 5.41) is 48.0. The normalized spacial score (nSPS) is 15.5. The predicted octanol–water partition coefficient (Wildman–Crippen LogP) is -6.55. The van der Waals surface area contributed by atoms with E-state index in [-0.39, 0.29) is 74.3 Å². The molecule has 111 heavy (non-hydrogen) atoms. The molecule has 0 saturated carbocycles. The van der Waals surface area contributed by atoms with Gasteiger partial charge in [0.05, 0.1) is 38.5 Å². The lowest BCUT2D eigenvalue weighted by Crippen LogP contribution is -2.62. The Morgan fingerprint density at radius 1 is 0.514 bits per heavy atom. The number of phenolic OH excluding ortho intramolecular Hbond substituents is 1. The van der Waals surface area contributed by atoms with E-state index in [0.717, 1.165) is 0 Å². The summed E-state index contributed by atoms with van der Waals surface area (Å²) in [6, 6.07) is 1.41. The zero-order chi connectivity index (χ0) is 82.3. The Balaban J connectivity index is 1.38. The Morgan fingerprint density at radius 2 is 0.973 bits per heavy atom. The number of nitrogens with one attached hydrogen (secondary N) is 12. The highest BCUT2D eigenvalue weighted by molar-refractivity contribution is 6.02. The monoisotopic (exact) mass is 1550 g/mol. The number of benzene rings is 3. The first-order valence-corrected chi connectivity index (χ1v) is 36.0. The highest BCUT2D eigenvalue weighted by atomic mass is 16.3. The van der Waals surface area contributed by atoms with E-state index in [1.165, 1.54) is 42.3 Å². The molecule has 1 fully saturated rings. The standard InChI is InChI=1S/C72H103N21O18/c1-36(2)25-44(73)71(111)93-24-12-18-55(93)70(110)91-53(32-58(76)98)67(107)87-49(28-40-19-21-42(95)22-20-40)64(104)89-51(30-56(74)96)66(106)88-50(29-41-33-81-45-16-10-9-15-43(41)45)65(105)90-52(31-57(75)97)68(108)92-54(35-94)69(109)86-48(27-39-13-7-6-8-14-39)61(101)82-34-59(99)84-47(26-37(3)4)63(103)85-46(17-11-23-80-72(78)79)62(102)83-38(5)60(77)100/h6-10,13-16,19-22,33,36-38,44,46-55,81,94-95H,11-12,17-18,23-32,34-35,73H2,1-5H3,(H2,74,96)(H2,75,97)(H2,76,98)(H2,77,100)(H,82,101)(H,83,102)(H,84,99)(H,85,103)(H,86,109)(H,87,107)(H,88,106)(H,89,104)(H,90,105)(H,91,110)(H,92,108)(H4,78,79,80)/t38-,44-,46-,47-,48-,49-,50-,51-,52-,53-,54-,55-/m0/s1. The van der Waals surface area contributed by atoms with Crippen molar-refractivity contribution in [2.45, 2.75) is 184 Å². The summed E-state index contributed by atoms with van der Waals surface area (Å²) in [6.07, 6.45) is -1.39. The Bertz CT molecular complexity index is 4000. The van der Waals surface area contributed by atoms with Crippen LogP contribution < -0.4 is 98.6 Å². The van der Waals surface area contributed by atoms with Gasteiger partial charge < -0.3 is 119 Å². The molecule has 1 aliphatic rings. The molecule has 39 nitrogen and oxygen atoms in total. The predicted molar refractivity (Wildman–Crippen MR) is 401 cm³/mol. The molecule has 0 aliphatic carbocycles. The molecule has 39 heteroatoms. The van der Waals surface area contributed by atoms with Crippen molar-refractivity contribution in [3.63, 3.8) is 0 Å². The van der Waals surface area contributed by atoms with Gasteiger partial charge >= 0.3 is 0 Å². The van der Waals surface area contributed by atoms with E-state index in [1.807, 2.05) is 13.8 Å². The van der Waals surface area contributed by atoms with E-state index >= 15 is 0 Å². The molecule has 604 valence electrons. The number of primary amides is 4. The Labute approximate surface area is 639 Å². The second-order valence-electron chi connectivity index (χ2n) is 27.8. The fourth-order valence-electron chi connectivity index (χ4n) is 12.0. The van der Waals surface area contributed by atoms with Crippen molar-refractivity contribution >= 4 is 111 Å². The number of likely N-dealkylation sites (tertiary alicyclic amines) is 1. The third-order valence-electron chi connectivity index (χ3n) is 17.6. The smallest absolute Gasteiger partial charge is 0.245 e. The van der Waals surface area contributed by atoms with E-state index in [4.69, 9.17) is 40.1 Å². The van der Waals surface area contributed by atoms with Crippen LogP contribution >= 0.6 is 0 Å². The average Bonchev–Trinajstić information content (AvgIpc) is 1.73. The number of aliphatic imine (C=N–C) groups is 1. The number of rotatable bonds is 45. The number of phenols is 1. The SMILES string of the molecule is CC(C)C[C@H](NC(=O)CNC(=O)[C@H](Cc1ccccc1)NC(=O)[C@H](CO)NC(=O)[C@H](CC(N)=O)NC(=O)[C@H](Cc1c[nH]c2ccccc12)NC(=O)[C@H](CC(N)=O)NC(=O)[C@H](Cc1ccc(O)cc1)NC(=O)[C@H](CC(N)=O)NC(=O)[C@@H]1CCCN1C(=O)[C@@H](N)CC(C)C)C(=O)N[C@@H](CCCN=C(N)N)C(=O)N[C@@H](C)C(N)=O. The number of aromatic nitrogens is 1. The molecular formula is C72H103N21O18. The van der Waals surface area contributed by atoms with Crippen LogP contribution in [0.25, 0.3) is 10.9 Å². The average molecular weight is 1550 g/mol. The highest BCUT2D eigenvalue weighted by Gasteiger charge is 2.41. The first-order valence-electron chi connectivity index (χ1n) is 36.0. The number of carbonyl (C=O) groups is 16. The van der Waals surface area contributed by atoms with Gasteiger partial charge in [0.2, 0.25) is 94.5 Å². The van der Waals surface area contributed by atoms with Crippen molar-refractivity contribution in [1.29, 1.82) is 0 Å². The maximum atomic E-state index is 14.8. The van der Waals surface area contributed by atoms with Crippen LogP contribution in [-0.4, -0.2) is 219 Å². The molecule has 3 aromatic carbocycles. The number of nitrogens with zero attached hydrogens (tertiary/aromatic N) is 2. The van der Waals surface area contributed by atoms with E-state index in [0.29, 0.717) is 34.9 Å². The summed E-state index contributed by atoms with van der Waals surface area (Å²) >= 11 is 0. The number of aliphatic hydroxyl groups is 1. The van der Waals surface area contributed by atoms with Crippen molar-refractivity contribution in [2.24, 2.45) is 57.0 Å². The number of fused-ring (bicyclic) bond motifs is 1. The molecule has 28 N–H and O–H groups in total. The molecule has 1 saturated heterocycles. The topological polar surface area (TPSA) is 659 Å². The zero-order valence-electron chi connectivity index (χ0n) is 62.3. The number of nitrogens with two attached hydrogens (primary N) is 7. The minimum atomic E-state index is -2.02. The van der Waals surface area contributed by atoms with Crippen LogP contribution in [0.2, 0.25) is 0 Å². The number of carbonyl (C=O) groups excluding carboxylic acids is 16. The van der Waals surface area contributed by atoms with Gasteiger partial charge in [-0.25, -0.2) is 0 Å². The van der Waals surface area contributed by atoms with Gasteiger partial charge in [0, 0.05) is 49.5 Å². The lowest BCUT2D eigenvalue weighted by Gasteiger charge is -2.29. The first kappa shape index (κ1) is 89.3. The third kappa shape index (κ3) is 29.7. The van der Waals surface area contributed by atoms with E-state index in [1.54, 1.807) is 68.4 Å². The molecule has 1 aliphatic heterocycles. The van der Waals surface area contributed by atoms with Gasteiger partial charge in [0.25, 0.3) is 0 Å². The fraction of sp³-hybridized carbons (Fsp3) is 0.486. The van der Waals surface area contributed by atoms with Gasteiger partial charge in [-0.1, -0.05) is 88.4 Å². The molecule has 5 rings (SSSR count). The summed E-state index contributed by atoms with van der Waals surface area (Å²) < 4.78 is 0. The third-order valence-corrected chi connectivity index (χ3v) is 17.6. The Kier molecular flexibility index (Phi) is 35.1. The van der Waals surface area contributed by atoms with Crippen LogP contribution in [-0.2, 0) is 96.0 Å². The number of para-hydroxylation sites is 1. The van der Waals surface area contributed by atoms with Crippen LogP contribution in [0.5, 0.6) is 5.75 Å². The van der Waals surface area contributed by atoms with Gasteiger partial charge in [0.15, 0.2) is 5.96 Å². The quantitative estimate of drug-likeness (QED) is 0.0111. The summed E-state index contributed by atoms with van der Waals surface area (Å²) in [6.45, 7) is 6.80. The number of aliphatic hydroxyl groups excluding tert-OH is 1. The van der Waals surface area contributed by atoms with Crippen molar-refractivity contribution in [3.05, 3.63) is 102 Å². The number of aromatic amines is 1. The molecule has 4 aromatic rings. The summed E-state index contributed by atoms with van der Waals surface area (Å²) in [7, 11) is 0. The van der Waals surface area contributed by atoms with Crippen molar-refractivity contribution in [3.8, 4) is 5.75 Å². The van der Waals surface area contributed by atoms with Crippen LogP contribution in [0.3, 0.4) is 0 Å². The zero-order valence-corrected chi connectivity index (χ0v) is 62.3. The lowest BCUT2D eigenvalue weighted by molar-refractivity contribution is -0.141. The van der Waals surface area contributed by atoms with Gasteiger partial charge in [0.1, 0.15) is 72.2 Å². The van der Waals surface area contributed by atoms with E-state index < -0.39 is 212 Å². The van der Waals surface area contributed by atoms with Crippen LogP contribution in [0.15, 0.2) is 90.1 Å². The van der Waals surface area contributed by atoms with Crippen molar-refractivity contribution < 1.29 is 86.9 Å². The maximum Gasteiger partial charge on any atom is 0.245 e. The molecule has 1 aromatic heterocycles. The molecule has 12 atom stereocenters. The summed E-state index contributed by atoms with van der Waals surface area (Å²) in [5.41, 5.74) is 40.9. The summed E-state index contributed by atoms with van der Waals surface area (Å²) in [4.78, 5) is 227. The van der Waals surface area contributed by atoms with E-state index in [9.17, 15) is 86.9 Å². The van der Waals surface area contributed by atoms with Crippen LogP contribution in [0, 0.1) is 11.8 Å². The summed E-state index contributed by atoms with van der Waals surface area (Å²) in [5.74, 6) is -17.2. The number of amides is 16. The molecule has 0 spiro atoms. The molecule has 0 unspecified atom stereocenters. The fourth-order valence-corrected chi connectivity index (χ4v) is 12.0. The number of H-pyrrole nitrogens is 1. The number of guanidine groups is 1. The number of aromatic hydroxyl groups is 1. The van der Waals surface area contributed by atoms with Gasteiger partial charge in [-0.3, -0.25) is 81.7 Å². The molecule has 2 heterocycles. The molecule has 0 radical (unpaired) electrons. The van der Waals surface area contributed by atoms with Gasteiger partial charge in [-0.15, -0.1) is 0 Å². The van der Waals surface area contributed by atoms with E-state index in [2.05, 4.69) is 68.5 Å². The minimum absolute atomic E-state index is 0.0230. The number of hydrogen-bond donors (Lipinski definition) is 21. The van der Waals surface area contributed by atoms with Gasteiger partial charge in [-0.2, -0.15) is 0 Å². The van der Waals surface area contributed by atoms with Crippen LogP contribution in [0.4, 0.5) is 0 Å². The lowest BCUT2D eigenvalue weighted by atomic mass is 10.0. The second kappa shape index (κ2) is 43.6. The molecule has 16 amide bonds. The first-order chi connectivity index (χ1) is 52.4. The van der Waals surface area contributed by atoms with Crippen molar-refractivity contribution in [2.75, 3.05) is 26.2 Å². The Morgan fingerprint density at radius 3 is 1.50 bits per heavy atom. The second-order valence-corrected chi connectivity index (χ2v) is 27.8. The molecular weight excluding hydrogens is 1450 g/mol. The maximum absolute atomic E-state index is 14.8. The number of hydrogen-bond acceptors (Lipinski definition) is 20. The van der Waals surface area contributed by atoms with Gasteiger partial charge in [-0.05, 0) is 92.2 Å². The van der Waals surface area contributed by atoms with Crippen LogP contribution in [0.1, 0.15) is 109 Å².